The zero-order chi connectivity index (χ0) is 13.7. The van der Waals surface area contributed by atoms with Crippen molar-refractivity contribution in [2.24, 2.45) is 11.8 Å². The van der Waals surface area contributed by atoms with Crippen LogP contribution in [-0.4, -0.2) is 61.6 Å². The fourth-order valence-corrected chi connectivity index (χ4v) is 2.99. The van der Waals surface area contributed by atoms with Crippen LogP contribution in [-0.2, 0) is 9.53 Å². The van der Waals surface area contributed by atoms with Crippen molar-refractivity contribution in [3.8, 4) is 0 Å². The average molecular weight is 268 g/mol. The van der Waals surface area contributed by atoms with E-state index in [9.17, 15) is 4.79 Å². The number of carbonyl (C=O) groups is 1. The lowest BCUT2D eigenvalue weighted by atomic mass is 9.95. The maximum Gasteiger partial charge on any atom is 0.222 e. The van der Waals surface area contributed by atoms with Crippen molar-refractivity contribution in [1.29, 1.82) is 0 Å². The molecule has 0 aromatic rings. The van der Waals surface area contributed by atoms with Gasteiger partial charge in [-0.25, -0.2) is 0 Å². The van der Waals surface area contributed by atoms with E-state index in [-0.39, 0.29) is 0 Å². The first kappa shape index (κ1) is 14.8. The third-order valence-corrected chi connectivity index (χ3v) is 4.17. The minimum atomic E-state index is 0.347. The average Bonchev–Trinajstić information content (AvgIpc) is 2.40. The van der Waals surface area contributed by atoms with Gasteiger partial charge in [0.15, 0.2) is 0 Å². The summed E-state index contributed by atoms with van der Waals surface area (Å²) in [4.78, 5) is 16.6. The van der Waals surface area contributed by atoms with E-state index in [0.29, 0.717) is 18.2 Å². The molecule has 2 fully saturated rings. The van der Waals surface area contributed by atoms with Crippen LogP contribution in [0.1, 0.15) is 33.1 Å². The maximum atomic E-state index is 12.0. The number of hydrogen-bond donors (Lipinski definition) is 0. The van der Waals surface area contributed by atoms with Crippen molar-refractivity contribution >= 4 is 5.91 Å². The molecular formula is C15H28N2O2. The van der Waals surface area contributed by atoms with E-state index in [0.717, 1.165) is 45.3 Å². The number of hydrogen-bond acceptors (Lipinski definition) is 3. The van der Waals surface area contributed by atoms with Crippen LogP contribution < -0.4 is 0 Å². The Hall–Kier alpha value is -0.610. The van der Waals surface area contributed by atoms with Crippen LogP contribution in [0.2, 0.25) is 0 Å². The number of piperidine rings is 1. The zero-order valence-electron chi connectivity index (χ0n) is 12.4. The molecule has 2 aliphatic rings. The van der Waals surface area contributed by atoms with Crippen LogP contribution in [0.15, 0.2) is 0 Å². The largest absolute Gasteiger partial charge is 0.379 e. The van der Waals surface area contributed by atoms with Crippen LogP contribution >= 0.6 is 0 Å². The second-order valence-electron chi connectivity index (χ2n) is 6.34. The molecular weight excluding hydrogens is 240 g/mol. The number of carbonyl (C=O) groups excluding carboxylic acids is 1. The first-order valence-electron chi connectivity index (χ1n) is 7.73. The Balaban J connectivity index is 1.68. The third kappa shape index (κ3) is 4.77. The minimum Gasteiger partial charge on any atom is -0.379 e. The number of likely N-dealkylation sites (tertiary alicyclic amines) is 1. The van der Waals surface area contributed by atoms with Crippen molar-refractivity contribution in [2.45, 2.75) is 33.1 Å². The monoisotopic (exact) mass is 268 g/mol. The van der Waals surface area contributed by atoms with Crippen LogP contribution in [0.4, 0.5) is 0 Å². The molecule has 2 aliphatic heterocycles. The number of morpholine rings is 1. The number of amides is 1. The highest BCUT2D eigenvalue weighted by Crippen LogP contribution is 2.20. The van der Waals surface area contributed by atoms with Crippen LogP contribution in [0, 0.1) is 11.8 Å². The maximum absolute atomic E-state index is 12.0. The summed E-state index contributed by atoms with van der Waals surface area (Å²) in [6.45, 7) is 11.2. The molecule has 0 unspecified atom stereocenters. The molecule has 0 bridgehead atoms. The van der Waals surface area contributed by atoms with Crippen LogP contribution in [0.5, 0.6) is 0 Å². The van der Waals surface area contributed by atoms with Gasteiger partial charge >= 0.3 is 0 Å². The Morgan fingerprint density at radius 2 is 1.79 bits per heavy atom. The molecule has 0 aliphatic carbocycles. The molecule has 110 valence electrons. The van der Waals surface area contributed by atoms with Gasteiger partial charge < -0.3 is 9.64 Å². The summed E-state index contributed by atoms with van der Waals surface area (Å²) in [6, 6.07) is 0. The molecule has 0 radical (unpaired) electrons. The fourth-order valence-electron chi connectivity index (χ4n) is 2.99. The highest BCUT2D eigenvalue weighted by molar-refractivity contribution is 5.76. The Morgan fingerprint density at radius 3 is 2.37 bits per heavy atom. The smallest absolute Gasteiger partial charge is 0.222 e. The van der Waals surface area contributed by atoms with Crippen molar-refractivity contribution in [3.63, 3.8) is 0 Å². The molecule has 2 rings (SSSR count). The van der Waals surface area contributed by atoms with Crippen LogP contribution in [0.3, 0.4) is 0 Å². The lowest BCUT2D eigenvalue weighted by molar-refractivity contribution is -0.133. The van der Waals surface area contributed by atoms with E-state index in [1.54, 1.807) is 0 Å². The standard InChI is InChI=1S/C15H28N2O2/c1-13(2)11-15(18)17-5-3-14(4-6-17)12-16-7-9-19-10-8-16/h13-14H,3-12H2,1-2H3. The SMILES string of the molecule is CC(C)CC(=O)N1CCC(CN2CCOCC2)CC1. The molecule has 1 amide bonds. The second kappa shape index (κ2) is 7.25. The first-order chi connectivity index (χ1) is 9.15. The molecule has 19 heavy (non-hydrogen) atoms. The predicted octanol–water partition coefficient (Wildman–Crippen LogP) is 1.60. The van der Waals surface area contributed by atoms with Crippen LogP contribution in [0.25, 0.3) is 0 Å². The van der Waals surface area contributed by atoms with Gasteiger partial charge in [-0.2, -0.15) is 0 Å². The Labute approximate surface area is 117 Å². The van der Waals surface area contributed by atoms with E-state index in [2.05, 4.69) is 23.6 Å². The van der Waals surface area contributed by atoms with E-state index < -0.39 is 0 Å². The number of rotatable bonds is 4. The van der Waals surface area contributed by atoms with Gasteiger partial charge in [0.05, 0.1) is 13.2 Å². The van der Waals surface area contributed by atoms with Gasteiger partial charge in [0.25, 0.3) is 0 Å². The van der Waals surface area contributed by atoms with Gasteiger partial charge in [-0.15, -0.1) is 0 Å². The Morgan fingerprint density at radius 1 is 1.16 bits per heavy atom. The molecule has 0 saturated carbocycles. The predicted molar refractivity (Wildman–Crippen MR) is 76.0 cm³/mol. The van der Waals surface area contributed by atoms with E-state index in [4.69, 9.17) is 4.74 Å². The summed E-state index contributed by atoms with van der Waals surface area (Å²) < 4.78 is 5.38. The highest BCUT2D eigenvalue weighted by atomic mass is 16.5. The molecule has 4 heteroatoms. The molecule has 0 spiro atoms. The van der Waals surface area contributed by atoms with Crippen molar-refractivity contribution in [1.82, 2.24) is 9.80 Å². The minimum absolute atomic E-state index is 0.347. The molecule has 0 aromatic heterocycles. The van der Waals surface area contributed by atoms with Gasteiger partial charge in [0.1, 0.15) is 0 Å². The molecule has 4 nitrogen and oxygen atoms in total. The van der Waals surface area contributed by atoms with Crippen molar-refractivity contribution < 1.29 is 9.53 Å². The topological polar surface area (TPSA) is 32.8 Å². The molecule has 2 heterocycles. The number of nitrogens with zero attached hydrogens (tertiary/aromatic N) is 2. The molecule has 0 aromatic carbocycles. The van der Waals surface area contributed by atoms with E-state index in [1.165, 1.54) is 19.4 Å². The van der Waals surface area contributed by atoms with Gasteiger partial charge in [0.2, 0.25) is 5.91 Å². The summed E-state index contributed by atoms with van der Waals surface area (Å²) in [5.74, 6) is 1.58. The van der Waals surface area contributed by atoms with Crippen molar-refractivity contribution in [2.75, 3.05) is 45.9 Å². The molecule has 2 saturated heterocycles. The van der Waals surface area contributed by atoms with E-state index in [1.807, 2.05) is 0 Å². The second-order valence-corrected chi connectivity index (χ2v) is 6.34. The van der Waals surface area contributed by atoms with Gasteiger partial charge in [-0.05, 0) is 24.7 Å². The summed E-state index contributed by atoms with van der Waals surface area (Å²) >= 11 is 0. The summed E-state index contributed by atoms with van der Waals surface area (Å²) in [5.41, 5.74) is 0. The summed E-state index contributed by atoms with van der Waals surface area (Å²) in [6.07, 6.45) is 3.04. The first-order valence-corrected chi connectivity index (χ1v) is 7.73. The van der Waals surface area contributed by atoms with E-state index >= 15 is 0 Å². The van der Waals surface area contributed by atoms with Gasteiger partial charge in [0, 0.05) is 39.1 Å². The van der Waals surface area contributed by atoms with Crippen molar-refractivity contribution in [3.05, 3.63) is 0 Å². The summed E-state index contributed by atoms with van der Waals surface area (Å²) in [7, 11) is 0. The highest BCUT2D eigenvalue weighted by Gasteiger charge is 2.24. The zero-order valence-corrected chi connectivity index (χ0v) is 12.4. The molecule has 0 N–H and O–H groups in total. The Bertz CT molecular complexity index is 280. The lowest BCUT2D eigenvalue weighted by Gasteiger charge is -2.36. The fraction of sp³-hybridized carbons (Fsp3) is 0.933. The number of ether oxygens (including phenoxy) is 1. The quantitative estimate of drug-likeness (QED) is 0.776. The summed E-state index contributed by atoms with van der Waals surface area (Å²) in [5, 5.41) is 0. The van der Waals surface area contributed by atoms with Gasteiger partial charge in [-0.3, -0.25) is 9.69 Å². The Kier molecular flexibility index (Phi) is 5.64. The molecule has 0 atom stereocenters. The third-order valence-electron chi connectivity index (χ3n) is 4.17. The van der Waals surface area contributed by atoms with Gasteiger partial charge in [-0.1, -0.05) is 13.8 Å². The lowest BCUT2D eigenvalue weighted by Crippen LogP contribution is -2.44. The normalized spacial score (nSPS) is 23.0.